The van der Waals surface area contributed by atoms with Crippen LogP contribution in [0.25, 0.3) is 0 Å². The molecule has 0 saturated carbocycles. The first kappa shape index (κ1) is 11.4. The Morgan fingerprint density at radius 3 is 2.64 bits per heavy atom. The molecule has 0 aromatic heterocycles. The van der Waals surface area contributed by atoms with E-state index in [2.05, 4.69) is 50.9 Å². The molecule has 0 spiro atoms. The van der Waals surface area contributed by atoms with Crippen molar-refractivity contribution in [1.29, 1.82) is 0 Å². The van der Waals surface area contributed by atoms with Crippen LogP contribution in [0.3, 0.4) is 0 Å². The van der Waals surface area contributed by atoms with Crippen molar-refractivity contribution in [2.45, 2.75) is 20.3 Å². The van der Waals surface area contributed by atoms with E-state index in [0.29, 0.717) is 5.92 Å². The number of aryl methyl sites for hydroxylation is 1. The van der Waals surface area contributed by atoms with Gasteiger partial charge in [0.05, 0.1) is 0 Å². The Morgan fingerprint density at radius 2 is 2.07 bits per heavy atom. The predicted molar refractivity (Wildman–Crippen MR) is 66.7 cm³/mol. The second kappa shape index (κ2) is 5.26. The van der Waals surface area contributed by atoms with Crippen LogP contribution in [0.1, 0.15) is 18.1 Å². The van der Waals surface area contributed by atoms with E-state index in [1.165, 1.54) is 16.0 Å². The van der Waals surface area contributed by atoms with Crippen LogP contribution in [0, 0.1) is 12.8 Å². The first-order valence-electron chi connectivity index (χ1n) is 4.92. The maximum absolute atomic E-state index is 4.06. The molecule has 1 unspecified atom stereocenters. The zero-order valence-corrected chi connectivity index (χ0v) is 10.0. The topological polar surface area (TPSA) is 0 Å². The largest absolute Gasteiger partial charge is 0.134 e. The number of benzene rings is 1. The molecule has 0 nitrogen and oxygen atoms in total. The van der Waals surface area contributed by atoms with E-state index in [0.717, 1.165) is 6.42 Å². The maximum Gasteiger partial charge on any atom is -0.00958 e. The summed E-state index contributed by atoms with van der Waals surface area (Å²) in [6.45, 7) is 8.47. The molecule has 1 rings (SSSR count). The lowest BCUT2D eigenvalue weighted by Gasteiger charge is -2.14. The van der Waals surface area contributed by atoms with Crippen LogP contribution in [-0.4, -0.2) is 6.26 Å². The van der Waals surface area contributed by atoms with Gasteiger partial charge in [-0.1, -0.05) is 37.8 Å². The summed E-state index contributed by atoms with van der Waals surface area (Å²) in [7, 11) is 0. The number of allylic oxidation sites excluding steroid dienone is 1. The third-order valence-electron chi connectivity index (χ3n) is 2.60. The lowest BCUT2D eigenvalue weighted by Crippen LogP contribution is -2.01. The number of hydrogen-bond acceptors (Lipinski definition) is 1. The first-order valence-corrected chi connectivity index (χ1v) is 6.15. The normalized spacial score (nSPS) is 12.5. The Labute approximate surface area is 91.4 Å². The highest BCUT2D eigenvalue weighted by Crippen LogP contribution is 2.24. The molecule has 14 heavy (non-hydrogen) atoms. The molecule has 0 saturated heterocycles. The number of rotatable bonds is 4. The Kier molecular flexibility index (Phi) is 4.27. The summed E-state index contributed by atoms with van der Waals surface area (Å²) < 4.78 is 0. The molecular formula is C13H18S. The Hall–Kier alpha value is -0.690. The van der Waals surface area contributed by atoms with Crippen LogP contribution >= 0.6 is 11.8 Å². The Morgan fingerprint density at radius 1 is 1.43 bits per heavy atom. The maximum atomic E-state index is 4.06. The molecular weight excluding hydrogens is 188 g/mol. The third kappa shape index (κ3) is 2.91. The highest BCUT2D eigenvalue weighted by atomic mass is 32.2. The molecule has 0 bridgehead atoms. The molecule has 0 aliphatic carbocycles. The van der Waals surface area contributed by atoms with Gasteiger partial charge in [-0.15, -0.1) is 11.8 Å². The fraction of sp³-hybridized carbons (Fsp3) is 0.385. The average molecular weight is 206 g/mol. The minimum absolute atomic E-state index is 0.561. The van der Waals surface area contributed by atoms with Gasteiger partial charge in [0.1, 0.15) is 0 Å². The fourth-order valence-electron chi connectivity index (χ4n) is 1.48. The highest BCUT2D eigenvalue weighted by Gasteiger charge is 2.07. The van der Waals surface area contributed by atoms with Gasteiger partial charge in [-0.05, 0) is 41.6 Å². The summed E-state index contributed by atoms with van der Waals surface area (Å²) in [4.78, 5) is 1.27. The van der Waals surface area contributed by atoms with Crippen LogP contribution < -0.4 is 0 Å². The van der Waals surface area contributed by atoms with Crippen molar-refractivity contribution in [3.8, 4) is 0 Å². The monoisotopic (exact) mass is 206 g/mol. The SMILES string of the molecule is C=C(SC)C(C)Cc1ccccc1C. The molecule has 0 N–H and O–H groups in total. The van der Waals surface area contributed by atoms with E-state index in [4.69, 9.17) is 0 Å². The average Bonchev–Trinajstić information content (AvgIpc) is 2.20. The van der Waals surface area contributed by atoms with Gasteiger partial charge in [0.2, 0.25) is 0 Å². The summed E-state index contributed by atoms with van der Waals surface area (Å²) in [6.07, 6.45) is 3.20. The molecule has 0 fully saturated rings. The molecule has 1 atom stereocenters. The van der Waals surface area contributed by atoms with Crippen molar-refractivity contribution < 1.29 is 0 Å². The summed E-state index contributed by atoms with van der Waals surface area (Å²) >= 11 is 1.76. The fourth-order valence-corrected chi connectivity index (χ4v) is 1.97. The van der Waals surface area contributed by atoms with E-state index >= 15 is 0 Å². The molecule has 0 amide bonds. The molecule has 0 aliphatic heterocycles. The molecule has 1 aromatic rings. The number of hydrogen-bond donors (Lipinski definition) is 0. The van der Waals surface area contributed by atoms with Crippen LogP contribution in [0.4, 0.5) is 0 Å². The van der Waals surface area contributed by atoms with Gasteiger partial charge in [-0.3, -0.25) is 0 Å². The summed E-state index contributed by atoms with van der Waals surface area (Å²) in [6, 6.07) is 8.58. The van der Waals surface area contributed by atoms with Gasteiger partial charge in [-0.25, -0.2) is 0 Å². The Balaban J connectivity index is 2.69. The van der Waals surface area contributed by atoms with Gasteiger partial charge in [-0.2, -0.15) is 0 Å². The minimum Gasteiger partial charge on any atom is -0.134 e. The molecule has 0 aliphatic rings. The molecule has 0 heterocycles. The van der Waals surface area contributed by atoms with Crippen molar-refractivity contribution in [1.82, 2.24) is 0 Å². The summed E-state index contributed by atoms with van der Waals surface area (Å²) in [5, 5.41) is 0. The van der Waals surface area contributed by atoms with Gasteiger partial charge in [0, 0.05) is 0 Å². The van der Waals surface area contributed by atoms with Crippen LogP contribution in [0.15, 0.2) is 35.7 Å². The van der Waals surface area contributed by atoms with Gasteiger partial charge < -0.3 is 0 Å². The third-order valence-corrected chi connectivity index (χ3v) is 3.53. The van der Waals surface area contributed by atoms with Crippen molar-refractivity contribution in [3.05, 3.63) is 46.9 Å². The molecule has 0 radical (unpaired) electrons. The predicted octanol–water partition coefficient (Wildman–Crippen LogP) is 4.05. The second-order valence-electron chi connectivity index (χ2n) is 3.70. The standard InChI is InChI=1S/C13H18S/c1-10-7-5-6-8-13(10)9-11(2)12(3)14-4/h5-8,11H,3,9H2,1-2,4H3. The first-order chi connectivity index (χ1) is 6.65. The lowest BCUT2D eigenvalue weighted by atomic mass is 9.97. The van der Waals surface area contributed by atoms with Gasteiger partial charge in [0.25, 0.3) is 0 Å². The van der Waals surface area contributed by atoms with Crippen molar-refractivity contribution in [2.75, 3.05) is 6.26 Å². The summed E-state index contributed by atoms with van der Waals surface area (Å²) in [5.74, 6) is 0.561. The van der Waals surface area contributed by atoms with Gasteiger partial charge in [0.15, 0.2) is 0 Å². The van der Waals surface area contributed by atoms with E-state index in [1.54, 1.807) is 11.8 Å². The Bertz CT molecular complexity index is 315. The number of thioether (sulfide) groups is 1. The zero-order chi connectivity index (χ0) is 10.6. The van der Waals surface area contributed by atoms with Crippen LogP contribution in [-0.2, 0) is 6.42 Å². The van der Waals surface area contributed by atoms with Gasteiger partial charge >= 0.3 is 0 Å². The van der Waals surface area contributed by atoms with Crippen LogP contribution in [0.5, 0.6) is 0 Å². The van der Waals surface area contributed by atoms with E-state index in [9.17, 15) is 0 Å². The quantitative estimate of drug-likeness (QED) is 0.716. The van der Waals surface area contributed by atoms with E-state index < -0.39 is 0 Å². The van der Waals surface area contributed by atoms with Crippen LogP contribution in [0.2, 0.25) is 0 Å². The minimum atomic E-state index is 0.561. The molecule has 1 heteroatoms. The smallest absolute Gasteiger partial charge is 0.00958 e. The van der Waals surface area contributed by atoms with E-state index in [-0.39, 0.29) is 0 Å². The van der Waals surface area contributed by atoms with Crippen molar-refractivity contribution in [3.63, 3.8) is 0 Å². The highest BCUT2D eigenvalue weighted by molar-refractivity contribution is 8.02. The summed E-state index contributed by atoms with van der Waals surface area (Å²) in [5.41, 5.74) is 2.82. The molecule has 1 aromatic carbocycles. The van der Waals surface area contributed by atoms with E-state index in [1.807, 2.05) is 0 Å². The van der Waals surface area contributed by atoms with Crippen molar-refractivity contribution >= 4 is 11.8 Å². The van der Waals surface area contributed by atoms with Crippen molar-refractivity contribution in [2.24, 2.45) is 5.92 Å². The molecule has 76 valence electrons. The zero-order valence-electron chi connectivity index (χ0n) is 9.21. The second-order valence-corrected chi connectivity index (χ2v) is 4.63. The lowest BCUT2D eigenvalue weighted by molar-refractivity contribution is 0.711.